The molecule has 1 saturated heterocycles. The zero-order valence-electron chi connectivity index (χ0n) is 15.0. The van der Waals surface area contributed by atoms with Crippen LogP contribution in [-0.2, 0) is 11.8 Å². The van der Waals surface area contributed by atoms with Crippen molar-refractivity contribution in [2.24, 2.45) is 7.05 Å². The number of benzene rings is 1. The number of hydrogen-bond acceptors (Lipinski definition) is 6. The number of nitrogens with zero attached hydrogens (tertiary/aromatic N) is 5. The molecule has 0 saturated carbocycles. The van der Waals surface area contributed by atoms with Crippen molar-refractivity contribution in [3.05, 3.63) is 42.0 Å². The number of halogens is 1. The van der Waals surface area contributed by atoms with Gasteiger partial charge in [0.1, 0.15) is 5.82 Å². The van der Waals surface area contributed by atoms with Gasteiger partial charge in [0.15, 0.2) is 10.8 Å². The average Bonchev–Trinajstić information content (AvgIpc) is 3.28. The van der Waals surface area contributed by atoms with E-state index >= 15 is 0 Å². The van der Waals surface area contributed by atoms with Crippen molar-refractivity contribution in [3.63, 3.8) is 0 Å². The Balaban J connectivity index is 1.62. The van der Waals surface area contributed by atoms with E-state index in [0.29, 0.717) is 42.6 Å². The number of carbonyl (C=O) groups excluding carboxylic acids is 1. The van der Waals surface area contributed by atoms with Gasteiger partial charge in [-0.1, -0.05) is 11.3 Å². The quantitative estimate of drug-likeness (QED) is 0.669. The fraction of sp³-hybridized carbons (Fsp3) is 0.389. The first kappa shape index (κ1) is 18.0. The predicted octanol–water partition coefficient (Wildman–Crippen LogP) is 2.15. The number of carbonyl (C=O) groups is 1. The van der Waals surface area contributed by atoms with Gasteiger partial charge in [-0.15, -0.1) is 0 Å². The molecule has 1 aliphatic rings. The van der Waals surface area contributed by atoms with Crippen LogP contribution in [0.5, 0.6) is 0 Å². The molecule has 9 heteroatoms. The monoisotopic (exact) mass is 389 g/mol. The summed E-state index contributed by atoms with van der Waals surface area (Å²) in [6, 6.07) is 6.15. The van der Waals surface area contributed by atoms with Crippen LogP contribution in [0.2, 0.25) is 0 Å². The summed E-state index contributed by atoms with van der Waals surface area (Å²) in [4.78, 5) is 21.5. The summed E-state index contributed by atoms with van der Waals surface area (Å²) in [6.07, 6.45) is 1.74. The summed E-state index contributed by atoms with van der Waals surface area (Å²) in [7, 11) is 1.77. The number of aryl methyl sites for hydroxylation is 1. The number of ether oxygens (including phenoxy) is 1. The minimum Gasteiger partial charge on any atom is -0.379 e. The summed E-state index contributed by atoms with van der Waals surface area (Å²) in [6.45, 7) is 4.29. The van der Waals surface area contributed by atoms with Crippen LogP contribution >= 0.6 is 11.3 Å². The van der Waals surface area contributed by atoms with Crippen molar-refractivity contribution in [2.75, 3.05) is 44.3 Å². The molecule has 0 atom stereocenters. The minimum absolute atomic E-state index is 0.205. The third-order valence-corrected chi connectivity index (χ3v) is 5.53. The number of fused-ring (bicyclic) bond motifs is 1. The number of rotatable bonds is 5. The van der Waals surface area contributed by atoms with Crippen molar-refractivity contribution in [3.8, 4) is 0 Å². The van der Waals surface area contributed by atoms with E-state index in [9.17, 15) is 9.18 Å². The van der Waals surface area contributed by atoms with Gasteiger partial charge in [-0.2, -0.15) is 5.10 Å². The van der Waals surface area contributed by atoms with Crippen molar-refractivity contribution < 1.29 is 13.9 Å². The number of morpholine rings is 1. The molecule has 27 heavy (non-hydrogen) atoms. The maximum absolute atomic E-state index is 13.5. The molecule has 7 nitrogen and oxygen atoms in total. The zero-order chi connectivity index (χ0) is 18.8. The van der Waals surface area contributed by atoms with Gasteiger partial charge in [0.2, 0.25) is 0 Å². The SMILES string of the molecule is Cn1ccc(C(=O)N(CCN2CCOCC2)c2nc3ccc(F)cc3s2)n1. The van der Waals surface area contributed by atoms with E-state index in [1.54, 1.807) is 35.0 Å². The predicted molar refractivity (Wildman–Crippen MR) is 102 cm³/mol. The molecule has 0 spiro atoms. The van der Waals surface area contributed by atoms with Crippen molar-refractivity contribution >= 4 is 32.6 Å². The molecule has 0 bridgehead atoms. The fourth-order valence-corrected chi connectivity index (χ4v) is 4.03. The van der Waals surface area contributed by atoms with E-state index in [1.807, 2.05) is 0 Å². The van der Waals surface area contributed by atoms with Crippen LogP contribution in [0.15, 0.2) is 30.5 Å². The molecule has 142 valence electrons. The van der Waals surface area contributed by atoms with Crippen LogP contribution in [0.4, 0.5) is 9.52 Å². The smallest absolute Gasteiger partial charge is 0.280 e. The summed E-state index contributed by atoms with van der Waals surface area (Å²) in [5.74, 6) is -0.517. The Morgan fingerprint density at radius 1 is 1.33 bits per heavy atom. The number of aromatic nitrogens is 3. The second-order valence-corrected chi connectivity index (χ2v) is 7.40. The molecular weight excluding hydrogens is 369 g/mol. The molecule has 1 aliphatic heterocycles. The largest absolute Gasteiger partial charge is 0.379 e. The minimum atomic E-state index is -0.311. The Morgan fingerprint density at radius 3 is 2.89 bits per heavy atom. The van der Waals surface area contributed by atoms with E-state index in [1.165, 1.54) is 23.5 Å². The summed E-state index contributed by atoms with van der Waals surface area (Å²) in [5, 5.41) is 4.78. The highest BCUT2D eigenvalue weighted by Gasteiger charge is 2.24. The topological polar surface area (TPSA) is 63.5 Å². The average molecular weight is 389 g/mol. The molecule has 4 rings (SSSR count). The molecular formula is C18H20FN5O2S. The Kier molecular flexibility index (Phi) is 5.15. The van der Waals surface area contributed by atoms with Crippen LogP contribution < -0.4 is 4.90 Å². The lowest BCUT2D eigenvalue weighted by molar-refractivity contribution is 0.0391. The van der Waals surface area contributed by atoms with Crippen LogP contribution in [0.1, 0.15) is 10.5 Å². The van der Waals surface area contributed by atoms with Crippen LogP contribution in [-0.4, -0.2) is 65.0 Å². The zero-order valence-corrected chi connectivity index (χ0v) is 15.8. The summed E-state index contributed by atoms with van der Waals surface area (Å²) < 4.78 is 21.2. The highest BCUT2D eigenvalue weighted by molar-refractivity contribution is 7.22. The molecule has 1 fully saturated rings. The first-order valence-electron chi connectivity index (χ1n) is 8.78. The van der Waals surface area contributed by atoms with Crippen LogP contribution in [0, 0.1) is 5.82 Å². The van der Waals surface area contributed by atoms with E-state index < -0.39 is 0 Å². The molecule has 3 heterocycles. The Labute approximate surface area is 160 Å². The van der Waals surface area contributed by atoms with Gasteiger partial charge in [-0.05, 0) is 24.3 Å². The number of thiazole rings is 1. The van der Waals surface area contributed by atoms with E-state index in [4.69, 9.17) is 4.74 Å². The van der Waals surface area contributed by atoms with Crippen LogP contribution in [0.25, 0.3) is 10.2 Å². The van der Waals surface area contributed by atoms with E-state index in [2.05, 4.69) is 15.0 Å². The van der Waals surface area contributed by atoms with Gasteiger partial charge >= 0.3 is 0 Å². The highest BCUT2D eigenvalue weighted by atomic mass is 32.1. The van der Waals surface area contributed by atoms with Crippen LogP contribution in [0.3, 0.4) is 0 Å². The maximum Gasteiger partial charge on any atom is 0.280 e. The number of amides is 1. The van der Waals surface area contributed by atoms with Gasteiger partial charge < -0.3 is 4.74 Å². The highest BCUT2D eigenvalue weighted by Crippen LogP contribution is 2.30. The Hall–Kier alpha value is -2.36. The molecule has 0 radical (unpaired) electrons. The van der Waals surface area contributed by atoms with Gasteiger partial charge in [0, 0.05) is 39.4 Å². The van der Waals surface area contributed by atoms with E-state index in [-0.39, 0.29) is 11.7 Å². The summed E-state index contributed by atoms with van der Waals surface area (Å²) in [5.41, 5.74) is 1.05. The van der Waals surface area contributed by atoms with Gasteiger partial charge in [-0.3, -0.25) is 19.3 Å². The van der Waals surface area contributed by atoms with Gasteiger partial charge in [-0.25, -0.2) is 9.37 Å². The van der Waals surface area contributed by atoms with Crippen molar-refractivity contribution in [2.45, 2.75) is 0 Å². The molecule has 3 aromatic rings. The van der Waals surface area contributed by atoms with Gasteiger partial charge in [0.05, 0.1) is 23.4 Å². The first-order chi connectivity index (χ1) is 13.1. The standard InChI is InChI=1S/C18H20FN5O2S/c1-22-5-4-15(21-22)17(25)24(7-6-23-8-10-26-11-9-23)18-20-14-3-2-13(19)12-16(14)27-18/h2-5,12H,6-11H2,1H3. The molecule has 0 unspecified atom stereocenters. The Bertz CT molecular complexity index is 950. The summed E-state index contributed by atoms with van der Waals surface area (Å²) >= 11 is 1.31. The van der Waals surface area contributed by atoms with Crippen molar-refractivity contribution in [1.82, 2.24) is 19.7 Å². The van der Waals surface area contributed by atoms with E-state index in [0.717, 1.165) is 17.8 Å². The molecule has 1 aromatic carbocycles. The van der Waals surface area contributed by atoms with Gasteiger partial charge in [0.25, 0.3) is 5.91 Å². The van der Waals surface area contributed by atoms with Crippen molar-refractivity contribution in [1.29, 1.82) is 0 Å². The Morgan fingerprint density at radius 2 is 2.15 bits per heavy atom. The molecule has 1 amide bonds. The molecule has 0 aliphatic carbocycles. The lowest BCUT2D eigenvalue weighted by Crippen LogP contribution is -2.43. The normalized spacial score (nSPS) is 15.3. The second-order valence-electron chi connectivity index (χ2n) is 6.39. The molecule has 0 N–H and O–H groups in total. The molecule has 2 aromatic heterocycles. The second kappa shape index (κ2) is 7.71. The fourth-order valence-electron chi connectivity index (χ4n) is 3.02. The lowest BCUT2D eigenvalue weighted by atomic mass is 10.3. The number of anilines is 1. The lowest BCUT2D eigenvalue weighted by Gasteiger charge is -2.29. The third-order valence-electron chi connectivity index (χ3n) is 4.49. The maximum atomic E-state index is 13.5. The third kappa shape index (κ3) is 4.00. The first-order valence-corrected chi connectivity index (χ1v) is 9.59. The number of hydrogen-bond donors (Lipinski definition) is 0.